The summed E-state index contributed by atoms with van der Waals surface area (Å²) < 4.78 is 10.1. The van der Waals surface area contributed by atoms with Gasteiger partial charge in [-0.3, -0.25) is 4.79 Å². The number of carbonyl (C=O) groups excluding carboxylic acids is 1. The summed E-state index contributed by atoms with van der Waals surface area (Å²) in [5, 5.41) is 11.3. The summed E-state index contributed by atoms with van der Waals surface area (Å²) in [5.41, 5.74) is -0.752. The largest absolute Gasteiger partial charge is 0.468 e. The van der Waals surface area contributed by atoms with Crippen molar-refractivity contribution in [3.05, 3.63) is 5.89 Å². The van der Waals surface area contributed by atoms with E-state index in [-0.39, 0.29) is 5.97 Å². The molecule has 0 spiro atoms. The third-order valence-electron chi connectivity index (χ3n) is 2.39. The van der Waals surface area contributed by atoms with Gasteiger partial charge in [0, 0.05) is 12.7 Å². The number of rotatable bonds is 7. The maximum absolute atomic E-state index is 11.8. The molecular weight excluding hydrogens is 254 g/mol. The summed E-state index contributed by atoms with van der Waals surface area (Å²) in [7, 11) is 1.38. The fraction of sp³-hybridized carbons (Fsp3) is 0.727. The average Bonchev–Trinajstić information content (AvgIpc) is 2.78. The predicted molar refractivity (Wildman–Crippen MR) is 68.5 cm³/mol. The summed E-state index contributed by atoms with van der Waals surface area (Å²) >= 11 is 1.34. The Hall–Kier alpha value is -1.08. The fourth-order valence-corrected chi connectivity index (χ4v) is 2.26. The second kappa shape index (κ2) is 6.75. The standard InChI is InChI=1S/C11H19N3O3S/c1-5-6-12-11(3,9(15)16-4)7-18-10-14-13-8(2)17-10/h12H,5-7H2,1-4H3. The van der Waals surface area contributed by atoms with Crippen LogP contribution >= 0.6 is 11.8 Å². The lowest BCUT2D eigenvalue weighted by molar-refractivity contribution is -0.146. The third kappa shape index (κ3) is 3.99. The van der Waals surface area contributed by atoms with Crippen LogP contribution < -0.4 is 5.32 Å². The van der Waals surface area contributed by atoms with E-state index in [1.807, 2.05) is 13.8 Å². The van der Waals surface area contributed by atoms with Crippen molar-refractivity contribution in [3.8, 4) is 0 Å². The first-order valence-electron chi connectivity index (χ1n) is 5.78. The summed E-state index contributed by atoms with van der Waals surface area (Å²) in [5.74, 6) is 0.694. The van der Waals surface area contributed by atoms with Crippen molar-refractivity contribution in [1.29, 1.82) is 0 Å². The zero-order valence-electron chi connectivity index (χ0n) is 11.1. The molecule has 0 fully saturated rings. The van der Waals surface area contributed by atoms with Gasteiger partial charge in [0.15, 0.2) is 0 Å². The molecule has 1 aromatic rings. The number of aryl methyl sites for hydroxylation is 1. The van der Waals surface area contributed by atoms with Crippen LogP contribution in [0.25, 0.3) is 0 Å². The molecule has 1 rings (SSSR count). The van der Waals surface area contributed by atoms with Gasteiger partial charge < -0.3 is 14.5 Å². The smallest absolute Gasteiger partial charge is 0.326 e. The maximum atomic E-state index is 11.8. The number of thioether (sulfide) groups is 1. The molecule has 102 valence electrons. The molecule has 0 aliphatic carbocycles. The average molecular weight is 273 g/mol. The molecule has 18 heavy (non-hydrogen) atoms. The van der Waals surface area contributed by atoms with Gasteiger partial charge in [-0.15, -0.1) is 10.2 Å². The van der Waals surface area contributed by atoms with Crippen molar-refractivity contribution < 1.29 is 13.9 Å². The number of aromatic nitrogens is 2. The van der Waals surface area contributed by atoms with Crippen LogP contribution in [0.15, 0.2) is 9.64 Å². The molecule has 7 heteroatoms. The summed E-state index contributed by atoms with van der Waals surface area (Å²) in [4.78, 5) is 11.8. The molecular formula is C11H19N3O3S. The van der Waals surface area contributed by atoms with E-state index in [1.165, 1.54) is 18.9 Å². The number of nitrogens with one attached hydrogen (secondary N) is 1. The van der Waals surface area contributed by atoms with Crippen molar-refractivity contribution >= 4 is 17.7 Å². The van der Waals surface area contributed by atoms with Crippen LogP contribution in [0.5, 0.6) is 0 Å². The van der Waals surface area contributed by atoms with Crippen LogP contribution in [0, 0.1) is 6.92 Å². The molecule has 6 nitrogen and oxygen atoms in total. The molecule has 0 saturated carbocycles. The van der Waals surface area contributed by atoms with Gasteiger partial charge in [0.05, 0.1) is 7.11 Å². The molecule has 0 radical (unpaired) electrons. The minimum Gasteiger partial charge on any atom is -0.468 e. The molecule has 0 amide bonds. The Balaban J connectivity index is 2.63. The maximum Gasteiger partial charge on any atom is 0.326 e. The van der Waals surface area contributed by atoms with Crippen LogP contribution in [0.3, 0.4) is 0 Å². The topological polar surface area (TPSA) is 77.3 Å². The van der Waals surface area contributed by atoms with E-state index in [2.05, 4.69) is 15.5 Å². The Bertz CT molecular complexity index is 397. The zero-order valence-corrected chi connectivity index (χ0v) is 12.0. The van der Waals surface area contributed by atoms with Gasteiger partial charge in [-0.2, -0.15) is 0 Å². The predicted octanol–water partition coefficient (Wildman–Crippen LogP) is 1.40. The van der Waals surface area contributed by atoms with E-state index in [0.29, 0.717) is 16.9 Å². The first kappa shape index (κ1) is 15.0. The molecule has 1 N–H and O–H groups in total. The van der Waals surface area contributed by atoms with Gasteiger partial charge in [0.25, 0.3) is 5.22 Å². The quantitative estimate of drug-likeness (QED) is 0.594. The number of carbonyl (C=O) groups is 1. The number of ether oxygens (including phenoxy) is 1. The monoisotopic (exact) mass is 273 g/mol. The molecule has 1 atom stereocenters. The molecule has 1 aromatic heterocycles. The van der Waals surface area contributed by atoms with Gasteiger partial charge in [-0.25, -0.2) is 0 Å². The first-order chi connectivity index (χ1) is 8.51. The lowest BCUT2D eigenvalue weighted by Gasteiger charge is -2.26. The lowest BCUT2D eigenvalue weighted by Crippen LogP contribution is -2.52. The Morgan fingerprint density at radius 2 is 2.28 bits per heavy atom. The molecule has 1 unspecified atom stereocenters. The van der Waals surface area contributed by atoms with Crippen molar-refractivity contribution in [2.45, 2.75) is 38.0 Å². The highest BCUT2D eigenvalue weighted by molar-refractivity contribution is 7.99. The summed E-state index contributed by atoms with van der Waals surface area (Å²) in [6, 6.07) is 0. The highest BCUT2D eigenvalue weighted by Crippen LogP contribution is 2.22. The fourth-order valence-electron chi connectivity index (χ4n) is 1.35. The minimum atomic E-state index is -0.752. The molecule has 0 bridgehead atoms. The Morgan fingerprint density at radius 1 is 1.56 bits per heavy atom. The van der Waals surface area contributed by atoms with Crippen LogP contribution in [0.2, 0.25) is 0 Å². The SMILES string of the molecule is CCCNC(C)(CSc1nnc(C)o1)C(=O)OC. The van der Waals surface area contributed by atoms with Crippen LogP contribution in [0.4, 0.5) is 0 Å². The second-order valence-electron chi connectivity index (χ2n) is 4.13. The van der Waals surface area contributed by atoms with Gasteiger partial charge in [0.2, 0.25) is 5.89 Å². The third-order valence-corrected chi connectivity index (χ3v) is 3.53. The van der Waals surface area contributed by atoms with Gasteiger partial charge in [0.1, 0.15) is 5.54 Å². The number of hydrogen-bond acceptors (Lipinski definition) is 7. The van der Waals surface area contributed by atoms with Crippen molar-refractivity contribution in [2.24, 2.45) is 0 Å². The van der Waals surface area contributed by atoms with Crippen LogP contribution in [0.1, 0.15) is 26.2 Å². The number of methoxy groups -OCH3 is 1. The van der Waals surface area contributed by atoms with E-state index in [0.717, 1.165) is 13.0 Å². The minimum absolute atomic E-state index is 0.292. The number of hydrogen-bond donors (Lipinski definition) is 1. The highest BCUT2D eigenvalue weighted by atomic mass is 32.2. The molecule has 0 aromatic carbocycles. The van der Waals surface area contributed by atoms with Crippen LogP contribution in [-0.2, 0) is 9.53 Å². The van der Waals surface area contributed by atoms with Crippen molar-refractivity contribution in [1.82, 2.24) is 15.5 Å². The highest BCUT2D eigenvalue weighted by Gasteiger charge is 2.34. The van der Waals surface area contributed by atoms with E-state index >= 15 is 0 Å². The second-order valence-corrected chi connectivity index (χ2v) is 5.05. The summed E-state index contributed by atoms with van der Waals surface area (Å²) in [6.07, 6.45) is 0.941. The zero-order chi connectivity index (χ0) is 13.6. The van der Waals surface area contributed by atoms with Gasteiger partial charge in [-0.05, 0) is 19.9 Å². The van der Waals surface area contributed by atoms with E-state index in [9.17, 15) is 4.79 Å². The van der Waals surface area contributed by atoms with Crippen molar-refractivity contribution in [2.75, 3.05) is 19.4 Å². The molecule has 0 saturated heterocycles. The molecule has 1 heterocycles. The summed E-state index contributed by atoms with van der Waals surface area (Å²) in [6.45, 7) is 6.32. The van der Waals surface area contributed by atoms with E-state index < -0.39 is 5.54 Å². The molecule has 0 aliphatic heterocycles. The van der Waals surface area contributed by atoms with E-state index in [4.69, 9.17) is 9.15 Å². The number of esters is 1. The first-order valence-corrected chi connectivity index (χ1v) is 6.76. The van der Waals surface area contributed by atoms with Gasteiger partial charge in [-0.1, -0.05) is 18.7 Å². The van der Waals surface area contributed by atoms with Crippen LogP contribution in [-0.4, -0.2) is 41.1 Å². The normalized spacial score (nSPS) is 14.2. The Kier molecular flexibility index (Phi) is 5.61. The number of nitrogens with zero attached hydrogens (tertiary/aromatic N) is 2. The Labute approximate surface area is 111 Å². The lowest BCUT2D eigenvalue weighted by atomic mass is 10.1. The van der Waals surface area contributed by atoms with Gasteiger partial charge >= 0.3 is 5.97 Å². The van der Waals surface area contributed by atoms with Crippen molar-refractivity contribution in [3.63, 3.8) is 0 Å². The molecule has 0 aliphatic rings. The Morgan fingerprint density at radius 3 is 2.78 bits per heavy atom. The van der Waals surface area contributed by atoms with E-state index in [1.54, 1.807) is 6.92 Å².